The molecule has 0 saturated carbocycles. The number of aliphatic hydroxyl groups is 1. The summed E-state index contributed by atoms with van der Waals surface area (Å²) in [7, 11) is 0. The monoisotopic (exact) mass is 321 g/mol. The molecule has 0 aliphatic carbocycles. The van der Waals surface area contributed by atoms with E-state index in [1.54, 1.807) is 23.0 Å². The molecule has 0 aliphatic heterocycles. The molecule has 0 radical (unpaired) electrons. The van der Waals surface area contributed by atoms with E-state index in [0.29, 0.717) is 30.0 Å². The normalized spacial score (nSPS) is 12.2. The molecule has 0 spiro atoms. The van der Waals surface area contributed by atoms with Gasteiger partial charge < -0.3 is 10.4 Å². The Kier molecular flexibility index (Phi) is 5.57. The van der Waals surface area contributed by atoms with Crippen molar-refractivity contribution in [2.24, 2.45) is 0 Å². The van der Waals surface area contributed by atoms with Gasteiger partial charge in [0.05, 0.1) is 29.2 Å². The highest BCUT2D eigenvalue weighted by molar-refractivity contribution is 6.30. The van der Waals surface area contributed by atoms with Crippen molar-refractivity contribution in [1.82, 2.24) is 15.1 Å². The number of halogens is 1. The van der Waals surface area contributed by atoms with Crippen LogP contribution in [0, 0.1) is 6.92 Å². The van der Waals surface area contributed by atoms with E-state index in [0.717, 1.165) is 11.4 Å². The third-order valence-electron chi connectivity index (χ3n) is 3.54. The zero-order chi connectivity index (χ0) is 16.1. The molecular formula is C16H20ClN3O2. The standard InChI is InChI=1S/C16H20ClN3O2/c1-3-14(21)7-8-18-16(22)15-10-19-20(11(15)2)13-6-4-5-12(17)9-13/h4-6,9-10,14,21H,3,7-8H2,1-2H3,(H,18,22). The lowest BCUT2D eigenvalue weighted by Gasteiger charge is -2.09. The molecule has 118 valence electrons. The maximum Gasteiger partial charge on any atom is 0.254 e. The first-order valence-electron chi connectivity index (χ1n) is 7.29. The van der Waals surface area contributed by atoms with Crippen molar-refractivity contribution in [1.29, 1.82) is 0 Å². The van der Waals surface area contributed by atoms with Crippen molar-refractivity contribution in [2.75, 3.05) is 6.54 Å². The van der Waals surface area contributed by atoms with Crippen molar-refractivity contribution in [3.8, 4) is 5.69 Å². The van der Waals surface area contributed by atoms with Gasteiger partial charge in [-0.3, -0.25) is 4.79 Å². The molecule has 0 bridgehead atoms. The number of hydrogen-bond acceptors (Lipinski definition) is 3. The van der Waals surface area contributed by atoms with Crippen LogP contribution in [-0.2, 0) is 0 Å². The minimum atomic E-state index is -0.379. The van der Waals surface area contributed by atoms with Crippen LogP contribution < -0.4 is 5.32 Å². The number of carbonyl (C=O) groups excluding carboxylic acids is 1. The molecule has 1 aromatic heterocycles. The molecule has 5 nitrogen and oxygen atoms in total. The fourth-order valence-electron chi connectivity index (χ4n) is 2.15. The highest BCUT2D eigenvalue weighted by atomic mass is 35.5. The average Bonchev–Trinajstić information content (AvgIpc) is 2.88. The number of nitrogens with one attached hydrogen (secondary N) is 1. The Morgan fingerprint density at radius 3 is 2.95 bits per heavy atom. The zero-order valence-corrected chi connectivity index (χ0v) is 13.5. The average molecular weight is 322 g/mol. The van der Waals surface area contributed by atoms with E-state index in [-0.39, 0.29) is 12.0 Å². The number of carbonyl (C=O) groups is 1. The molecule has 1 aromatic carbocycles. The van der Waals surface area contributed by atoms with Crippen molar-refractivity contribution in [3.05, 3.63) is 46.7 Å². The Morgan fingerprint density at radius 1 is 1.50 bits per heavy atom. The van der Waals surface area contributed by atoms with Gasteiger partial charge in [0.1, 0.15) is 0 Å². The quantitative estimate of drug-likeness (QED) is 0.859. The Balaban J connectivity index is 2.09. The summed E-state index contributed by atoms with van der Waals surface area (Å²) in [6.07, 6.45) is 2.39. The Labute approximate surface area is 134 Å². The fraction of sp³-hybridized carbons (Fsp3) is 0.375. The molecule has 1 amide bonds. The van der Waals surface area contributed by atoms with Gasteiger partial charge in [-0.1, -0.05) is 24.6 Å². The minimum absolute atomic E-state index is 0.186. The van der Waals surface area contributed by atoms with Gasteiger partial charge in [0, 0.05) is 11.6 Å². The Morgan fingerprint density at radius 2 is 2.27 bits per heavy atom. The maximum absolute atomic E-state index is 12.2. The number of rotatable bonds is 6. The fourth-order valence-corrected chi connectivity index (χ4v) is 2.34. The van der Waals surface area contributed by atoms with Gasteiger partial charge in [-0.15, -0.1) is 0 Å². The Hall–Kier alpha value is -1.85. The molecule has 1 heterocycles. The van der Waals surface area contributed by atoms with Gasteiger partial charge in [-0.25, -0.2) is 4.68 Å². The third kappa shape index (κ3) is 3.87. The van der Waals surface area contributed by atoms with Crippen molar-refractivity contribution < 1.29 is 9.90 Å². The molecular weight excluding hydrogens is 302 g/mol. The van der Waals surface area contributed by atoms with E-state index < -0.39 is 0 Å². The minimum Gasteiger partial charge on any atom is -0.393 e. The molecule has 2 N–H and O–H groups in total. The van der Waals surface area contributed by atoms with Crippen LogP contribution in [0.15, 0.2) is 30.5 Å². The highest BCUT2D eigenvalue weighted by Crippen LogP contribution is 2.17. The smallest absolute Gasteiger partial charge is 0.254 e. The topological polar surface area (TPSA) is 67.2 Å². The van der Waals surface area contributed by atoms with Crippen LogP contribution in [0.4, 0.5) is 0 Å². The second kappa shape index (κ2) is 7.42. The molecule has 0 saturated heterocycles. The van der Waals surface area contributed by atoms with E-state index >= 15 is 0 Å². The molecule has 2 rings (SSSR count). The van der Waals surface area contributed by atoms with E-state index in [9.17, 15) is 9.90 Å². The summed E-state index contributed by atoms with van der Waals surface area (Å²) in [5.41, 5.74) is 2.08. The lowest BCUT2D eigenvalue weighted by Crippen LogP contribution is -2.27. The molecule has 0 fully saturated rings. The van der Waals surface area contributed by atoms with Crippen molar-refractivity contribution in [3.63, 3.8) is 0 Å². The van der Waals surface area contributed by atoms with Crippen LogP contribution in [0.5, 0.6) is 0 Å². The van der Waals surface area contributed by atoms with E-state index in [2.05, 4.69) is 10.4 Å². The number of benzene rings is 1. The SMILES string of the molecule is CCC(O)CCNC(=O)c1cnn(-c2cccc(Cl)c2)c1C. The van der Waals surface area contributed by atoms with Crippen LogP contribution in [0.1, 0.15) is 35.8 Å². The molecule has 1 unspecified atom stereocenters. The first-order chi connectivity index (χ1) is 10.5. The summed E-state index contributed by atoms with van der Waals surface area (Å²) in [5, 5.41) is 17.2. The van der Waals surface area contributed by atoms with Crippen molar-refractivity contribution in [2.45, 2.75) is 32.8 Å². The predicted molar refractivity (Wildman–Crippen MR) is 86.6 cm³/mol. The van der Waals surface area contributed by atoms with Gasteiger partial charge in [0.25, 0.3) is 5.91 Å². The predicted octanol–water partition coefficient (Wildman–Crippen LogP) is 2.72. The van der Waals surface area contributed by atoms with Crippen molar-refractivity contribution >= 4 is 17.5 Å². The van der Waals surface area contributed by atoms with E-state index in [1.807, 2.05) is 26.0 Å². The lowest BCUT2D eigenvalue weighted by molar-refractivity contribution is 0.0941. The van der Waals surface area contributed by atoms with Crippen LogP contribution in [-0.4, -0.2) is 33.4 Å². The summed E-state index contributed by atoms with van der Waals surface area (Å²) in [4.78, 5) is 12.2. The second-order valence-corrected chi connectivity index (χ2v) is 5.58. The molecule has 2 aromatic rings. The summed E-state index contributed by atoms with van der Waals surface area (Å²) >= 11 is 5.98. The zero-order valence-electron chi connectivity index (χ0n) is 12.7. The van der Waals surface area contributed by atoms with Gasteiger partial charge in [0.15, 0.2) is 0 Å². The lowest BCUT2D eigenvalue weighted by atomic mass is 10.2. The maximum atomic E-state index is 12.2. The molecule has 6 heteroatoms. The molecule has 1 atom stereocenters. The third-order valence-corrected chi connectivity index (χ3v) is 3.78. The highest BCUT2D eigenvalue weighted by Gasteiger charge is 2.15. The van der Waals surface area contributed by atoms with Crippen LogP contribution in [0.25, 0.3) is 5.69 Å². The summed E-state index contributed by atoms with van der Waals surface area (Å²) in [5.74, 6) is -0.186. The molecule has 22 heavy (non-hydrogen) atoms. The van der Waals surface area contributed by atoms with Crippen LogP contribution in [0.3, 0.4) is 0 Å². The van der Waals surface area contributed by atoms with Gasteiger partial charge in [-0.05, 0) is 38.0 Å². The molecule has 0 aliphatic rings. The van der Waals surface area contributed by atoms with E-state index in [4.69, 9.17) is 11.6 Å². The number of aromatic nitrogens is 2. The number of hydrogen-bond donors (Lipinski definition) is 2. The van der Waals surface area contributed by atoms with Crippen LogP contribution in [0.2, 0.25) is 5.02 Å². The second-order valence-electron chi connectivity index (χ2n) is 5.14. The Bertz CT molecular complexity index is 655. The first kappa shape index (κ1) is 16.5. The number of amides is 1. The van der Waals surface area contributed by atoms with E-state index in [1.165, 1.54) is 0 Å². The number of nitrogens with zero attached hydrogens (tertiary/aromatic N) is 2. The van der Waals surface area contributed by atoms with Gasteiger partial charge in [-0.2, -0.15) is 5.10 Å². The first-order valence-corrected chi connectivity index (χ1v) is 7.67. The summed E-state index contributed by atoms with van der Waals surface area (Å²) in [6.45, 7) is 4.19. The summed E-state index contributed by atoms with van der Waals surface area (Å²) in [6, 6.07) is 7.30. The van der Waals surface area contributed by atoms with Gasteiger partial charge in [0.2, 0.25) is 0 Å². The largest absolute Gasteiger partial charge is 0.393 e. The number of aliphatic hydroxyl groups excluding tert-OH is 1. The van der Waals surface area contributed by atoms with Crippen LogP contribution >= 0.6 is 11.6 Å². The summed E-state index contributed by atoms with van der Waals surface area (Å²) < 4.78 is 1.68. The van der Waals surface area contributed by atoms with Gasteiger partial charge >= 0.3 is 0 Å².